The normalized spacial score (nSPS) is 10.8. The van der Waals surface area contributed by atoms with Gasteiger partial charge in [-0.1, -0.05) is 55.1 Å². The van der Waals surface area contributed by atoms with Crippen molar-refractivity contribution in [2.24, 2.45) is 0 Å². The lowest BCUT2D eigenvalue weighted by atomic mass is 10.1. The van der Waals surface area contributed by atoms with Crippen LogP contribution < -0.4 is 4.31 Å². The molecular formula is C21H14F5NO2S. The van der Waals surface area contributed by atoms with E-state index in [1.165, 1.54) is 6.08 Å². The minimum absolute atomic E-state index is 0.00988. The maximum Gasteiger partial charge on any atom is 0.425 e. The quantitative estimate of drug-likeness (QED) is 0.144. The second-order valence-electron chi connectivity index (χ2n) is 5.99. The van der Waals surface area contributed by atoms with Gasteiger partial charge in [0.05, 0.1) is 0 Å². The molecule has 3 aromatic carbocycles. The van der Waals surface area contributed by atoms with Crippen molar-refractivity contribution >= 4 is 34.5 Å². The molecule has 3 nitrogen and oxygen atoms in total. The summed E-state index contributed by atoms with van der Waals surface area (Å²) >= 11 is 0.541. The molecular weight excluding hydrogens is 425 g/mol. The Labute approximate surface area is 172 Å². The SMILES string of the molecule is C=CCOC(=O)N(SCc1cccc2ccccc12)c1c(F)c(F)c(F)c(F)c1F. The number of hydrogen-bond acceptors (Lipinski definition) is 3. The van der Waals surface area contributed by atoms with Crippen molar-refractivity contribution < 1.29 is 31.5 Å². The van der Waals surface area contributed by atoms with E-state index in [1.54, 1.807) is 18.2 Å². The molecule has 0 aliphatic rings. The molecule has 0 aliphatic heterocycles. The van der Waals surface area contributed by atoms with Crippen LogP contribution in [0.25, 0.3) is 10.8 Å². The standard InChI is InChI=1S/C21H14F5NO2S/c1-2-10-29-21(28)27(20-18(25)16(23)15(22)17(24)19(20)26)30-11-13-8-5-7-12-6-3-4-9-14(12)13/h2-9H,1,10-11H2. The summed E-state index contributed by atoms with van der Waals surface area (Å²) in [4.78, 5) is 12.4. The summed E-state index contributed by atoms with van der Waals surface area (Å²) in [5.41, 5.74) is -0.714. The zero-order valence-corrected chi connectivity index (χ0v) is 16.1. The maximum absolute atomic E-state index is 14.3. The summed E-state index contributed by atoms with van der Waals surface area (Å²) in [6.45, 7) is 3.03. The molecule has 0 saturated carbocycles. The highest BCUT2D eigenvalue weighted by molar-refractivity contribution is 8.00. The van der Waals surface area contributed by atoms with E-state index in [-0.39, 0.29) is 12.4 Å². The summed E-state index contributed by atoms with van der Waals surface area (Å²) in [7, 11) is 0. The first-order valence-electron chi connectivity index (χ1n) is 8.55. The number of carbonyl (C=O) groups excluding carboxylic acids is 1. The summed E-state index contributed by atoms with van der Waals surface area (Å²) in [6.07, 6.45) is -0.104. The van der Waals surface area contributed by atoms with Crippen LogP contribution in [0.2, 0.25) is 0 Å². The predicted molar refractivity (Wildman–Crippen MR) is 105 cm³/mol. The van der Waals surface area contributed by atoms with Crippen LogP contribution in [0.4, 0.5) is 32.4 Å². The zero-order valence-electron chi connectivity index (χ0n) is 15.3. The van der Waals surface area contributed by atoms with E-state index in [1.807, 2.05) is 24.3 Å². The smallest absolute Gasteiger partial charge is 0.425 e. The lowest BCUT2D eigenvalue weighted by Gasteiger charge is -2.22. The van der Waals surface area contributed by atoms with Gasteiger partial charge >= 0.3 is 6.09 Å². The van der Waals surface area contributed by atoms with Gasteiger partial charge in [0.25, 0.3) is 0 Å². The van der Waals surface area contributed by atoms with Gasteiger partial charge in [0.2, 0.25) is 5.82 Å². The van der Waals surface area contributed by atoms with Crippen LogP contribution >= 0.6 is 11.9 Å². The zero-order chi connectivity index (χ0) is 21.8. The van der Waals surface area contributed by atoms with Crippen molar-refractivity contribution in [1.29, 1.82) is 0 Å². The molecule has 9 heteroatoms. The minimum atomic E-state index is -2.31. The molecule has 0 spiro atoms. The Bertz CT molecular complexity index is 1090. The number of carbonyl (C=O) groups is 1. The van der Waals surface area contributed by atoms with E-state index in [4.69, 9.17) is 4.74 Å². The van der Waals surface area contributed by atoms with E-state index in [0.717, 1.165) is 10.8 Å². The van der Waals surface area contributed by atoms with Crippen LogP contribution in [0.3, 0.4) is 0 Å². The number of fused-ring (bicyclic) bond motifs is 1. The van der Waals surface area contributed by atoms with Crippen molar-refractivity contribution in [2.45, 2.75) is 5.75 Å². The van der Waals surface area contributed by atoms with Gasteiger partial charge in [-0.2, -0.15) is 0 Å². The minimum Gasteiger partial charge on any atom is -0.444 e. The molecule has 1 amide bonds. The van der Waals surface area contributed by atoms with Crippen LogP contribution in [-0.4, -0.2) is 12.7 Å². The van der Waals surface area contributed by atoms with Crippen molar-refractivity contribution in [3.63, 3.8) is 0 Å². The number of amides is 1. The number of rotatable bonds is 6. The number of halogens is 5. The lowest BCUT2D eigenvalue weighted by molar-refractivity contribution is 0.170. The van der Waals surface area contributed by atoms with Gasteiger partial charge in [-0.25, -0.2) is 31.1 Å². The van der Waals surface area contributed by atoms with Gasteiger partial charge in [0.15, 0.2) is 23.3 Å². The van der Waals surface area contributed by atoms with E-state index in [9.17, 15) is 26.7 Å². The van der Waals surface area contributed by atoms with Crippen LogP contribution in [0.1, 0.15) is 5.56 Å². The fourth-order valence-corrected chi connectivity index (χ4v) is 3.69. The first kappa shape index (κ1) is 21.6. The Morgan fingerprint density at radius 1 is 0.933 bits per heavy atom. The van der Waals surface area contributed by atoms with Gasteiger partial charge in [-0.15, -0.1) is 0 Å². The Morgan fingerprint density at radius 2 is 1.53 bits per heavy atom. The van der Waals surface area contributed by atoms with Gasteiger partial charge in [0.1, 0.15) is 12.3 Å². The Kier molecular flexibility index (Phi) is 6.61. The number of ether oxygens (including phenoxy) is 1. The highest BCUT2D eigenvalue weighted by Crippen LogP contribution is 2.36. The Hall–Kier alpha value is -3.07. The average molecular weight is 439 g/mol. The first-order chi connectivity index (χ1) is 14.4. The molecule has 0 fully saturated rings. The second kappa shape index (κ2) is 9.17. The molecule has 0 atom stereocenters. The van der Waals surface area contributed by atoms with Crippen molar-refractivity contribution in [1.82, 2.24) is 0 Å². The first-order valence-corrected chi connectivity index (χ1v) is 9.49. The number of nitrogens with zero attached hydrogens (tertiary/aromatic N) is 1. The summed E-state index contributed by atoms with van der Waals surface area (Å²) in [6, 6.07) is 12.6. The fraction of sp³-hybridized carbons (Fsp3) is 0.0952. The summed E-state index contributed by atoms with van der Waals surface area (Å²) in [5.74, 6) is -10.9. The molecule has 0 radical (unpaired) electrons. The Balaban J connectivity index is 2.02. The molecule has 0 aliphatic carbocycles. The van der Waals surface area contributed by atoms with Gasteiger partial charge < -0.3 is 4.74 Å². The Morgan fingerprint density at radius 3 is 2.20 bits per heavy atom. The van der Waals surface area contributed by atoms with E-state index < -0.39 is 40.9 Å². The lowest BCUT2D eigenvalue weighted by Crippen LogP contribution is -2.28. The molecule has 0 unspecified atom stereocenters. The van der Waals surface area contributed by atoms with E-state index in [2.05, 4.69) is 6.58 Å². The third-order valence-electron chi connectivity index (χ3n) is 4.11. The van der Waals surface area contributed by atoms with Crippen molar-refractivity contribution in [2.75, 3.05) is 10.9 Å². The molecule has 0 saturated heterocycles. The van der Waals surface area contributed by atoms with Crippen molar-refractivity contribution in [3.8, 4) is 0 Å². The largest absolute Gasteiger partial charge is 0.444 e. The summed E-state index contributed by atoms with van der Waals surface area (Å²) in [5, 5.41) is 1.69. The number of benzene rings is 3. The molecule has 0 N–H and O–H groups in total. The van der Waals surface area contributed by atoms with Gasteiger partial charge in [-0.05, 0) is 28.3 Å². The van der Waals surface area contributed by atoms with Crippen molar-refractivity contribution in [3.05, 3.63) is 89.8 Å². The molecule has 3 aromatic rings. The van der Waals surface area contributed by atoms with Gasteiger partial charge in [-0.3, -0.25) is 0 Å². The number of hydrogen-bond donors (Lipinski definition) is 0. The molecule has 0 aromatic heterocycles. The molecule has 156 valence electrons. The van der Waals surface area contributed by atoms with Crippen LogP contribution in [0, 0.1) is 29.1 Å². The van der Waals surface area contributed by atoms with E-state index in [0.29, 0.717) is 21.8 Å². The highest BCUT2D eigenvalue weighted by atomic mass is 32.2. The molecule has 0 bridgehead atoms. The third-order valence-corrected chi connectivity index (χ3v) is 5.14. The maximum atomic E-state index is 14.3. The fourth-order valence-electron chi connectivity index (χ4n) is 2.72. The predicted octanol–water partition coefficient (Wildman–Crippen LogP) is 6.51. The molecule has 30 heavy (non-hydrogen) atoms. The van der Waals surface area contributed by atoms with Gasteiger partial charge in [0, 0.05) is 5.75 Å². The molecule has 3 rings (SSSR count). The van der Waals surface area contributed by atoms with E-state index >= 15 is 0 Å². The van der Waals surface area contributed by atoms with Crippen LogP contribution in [-0.2, 0) is 10.5 Å². The number of anilines is 1. The highest BCUT2D eigenvalue weighted by Gasteiger charge is 2.33. The average Bonchev–Trinajstić information content (AvgIpc) is 2.76. The second-order valence-corrected chi connectivity index (χ2v) is 6.90. The van der Waals surface area contributed by atoms with Crippen LogP contribution in [0.5, 0.6) is 0 Å². The topological polar surface area (TPSA) is 29.5 Å². The monoisotopic (exact) mass is 439 g/mol. The van der Waals surface area contributed by atoms with Crippen LogP contribution in [0.15, 0.2) is 55.1 Å². The summed E-state index contributed by atoms with van der Waals surface area (Å²) < 4.78 is 74.5. The molecule has 0 heterocycles. The third kappa shape index (κ3) is 4.11.